The number of H-pyrrole nitrogens is 1. The van der Waals surface area contributed by atoms with Gasteiger partial charge in [-0.05, 0) is 31.9 Å². The lowest BCUT2D eigenvalue weighted by Crippen LogP contribution is -2.14. The molecule has 1 aromatic heterocycles. The van der Waals surface area contributed by atoms with Gasteiger partial charge >= 0.3 is 0 Å². The number of aryl methyl sites for hydroxylation is 3. The average Bonchev–Trinajstić information content (AvgIpc) is 2.70. The van der Waals surface area contributed by atoms with Gasteiger partial charge < -0.3 is 10.3 Å². The Labute approximate surface area is 100 Å². The van der Waals surface area contributed by atoms with Gasteiger partial charge in [0.2, 0.25) is 0 Å². The number of aromatic amines is 1. The Kier molecular flexibility index (Phi) is 2.95. The molecular weight excluding hydrogens is 214 g/mol. The SMILES string of the molecule is Cc1ncc(C(=O)Nc2c(C)cccc2C)[nH]1. The average molecular weight is 229 g/mol. The van der Waals surface area contributed by atoms with E-state index >= 15 is 0 Å². The first-order chi connectivity index (χ1) is 8.08. The summed E-state index contributed by atoms with van der Waals surface area (Å²) in [4.78, 5) is 18.9. The molecule has 0 aliphatic carbocycles. The maximum Gasteiger partial charge on any atom is 0.273 e. The van der Waals surface area contributed by atoms with Crippen LogP contribution in [0.5, 0.6) is 0 Å². The molecule has 0 unspecified atom stereocenters. The molecule has 4 nitrogen and oxygen atoms in total. The number of hydrogen-bond acceptors (Lipinski definition) is 2. The van der Waals surface area contributed by atoms with Crippen molar-refractivity contribution >= 4 is 11.6 Å². The molecule has 1 amide bonds. The van der Waals surface area contributed by atoms with Crippen LogP contribution in [0.15, 0.2) is 24.4 Å². The fourth-order valence-corrected chi connectivity index (χ4v) is 1.73. The number of rotatable bonds is 2. The molecule has 0 atom stereocenters. The molecule has 0 aliphatic rings. The van der Waals surface area contributed by atoms with Crippen LogP contribution in [0.3, 0.4) is 0 Å². The topological polar surface area (TPSA) is 57.8 Å². The number of nitrogens with one attached hydrogen (secondary N) is 2. The maximum absolute atomic E-state index is 11.9. The lowest BCUT2D eigenvalue weighted by atomic mass is 10.1. The summed E-state index contributed by atoms with van der Waals surface area (Å²) in [6.07, 6.45) is 1.54. The second-order valence-corrected chi connectivity index (χ2v) is 4.10. The van der Waals surface area contributed by atoms with Gasteiger partial charge in [0.15, 0.2) is 0 Å². The Morgan fingerprint density at radius 2 is 1.88 bits per heavy atom. The first kappa shape index (κ1) is 11.4. The zero-order chi connectivity index (χ0) is 12.4. The van der Waals surface area contributed by atoms with E-state index in [1.165, 1.54) is 6.20 Å². The van der Waals surface area contributed by atoms with Crippen molar-refractivity contribution < 1.29 is 4.79 Å². The summed E-state index contributed by atoms with van der Waals surface area (Å²) < 4.78 is 0. The van der Waals surface area contributed by atoms with Crippen LogP contribution >= 0.6 is 0 Å². The molecule has 4 heteroatoms. The predicted octanol–water partition coefficient (Wildman–Crippen LogP) is 2.59. The molecule has 0 aliphatic heterocycles. The highest BCUT2D eigenvalue weighted by Crippen LogP contribution is 2.19. The number of para-hydroxylation sites is 1. The largest absolute Gasteiger partial charge is 0.338 e. The second-order valence-electron chi connectivity index (χ2n) is 4.10. The van der Waals surface area contributed by atoms with Crippen LogP contribution in [0.1, 0.15) is 27.4 Å². The normalized spacial score (nSPS) is 10.3. The molecule has 17 heavy (non-hydrogen) atoms. The van der Waals surface area contributed by atoms with Crippen LogP contribution in [-0.2, 0) is 0 Å². The highest BCUT2D eigenvalue weighted by molar-refractivity contribution is 6.03. The van der Waals surface area contributed by atoms with Crippen LogP contribution in [-0.4, -0.2) is 15.9 Å². The van der Waals surface area contributed by atoms with E-state index in [1.807, 2.05) is 39.0 Å². The number of benzene rings is 1. The number of imidazole rings is 1. The van der Waals surface area contributed by atoms with Gasteiger partial charge in [-0.2, -0.15) is 0 Å². The van der Waals surface area contributed by atoms with Crippen molar-refractivity contribution in [2.24, 2.45) is 0 Å². The van der Waals surface area contributed by atoms with Gasteiger partial charge in [-0.25, -0.2) is 4.98 Å². The molecule has 2 rings (SSSR count). The number of aromatic nitrogens is 2. The quantitative estimate of drug-likeness (QED) is 0.831. The van der Waals surface area contributed by atoms with Crippen molar-refractivity contribution in [3.63, 3.8) is 0 Å². The van der Waals surface area contributed by atoms with E-state index in [1.54, 1.807) is 0 Å². The number of nitrogens with zero attached hydrogens (tertiary/aromatic N) is 1. The Hall–Kier alpha value is -2.10. The molecule has 2 aromatic rings. The van der Waals surface area contributed by atoms with Crippen molar-refractivity contribution in [1.82, 2.24) is 9.97 Å². The third-order valence-electron chi connectivity index (χ3n) is 2.67. The molecule has 88 valence electrons. The first-order valence-electron chi connectivity index (χ1n) is 5.47. The number of carbonyl (C=O) groups excluding carboxylic acids is 1. The minimum Gasteiger partial charge on any atom is -0.338 e. The molecule has 2 N–H and O–H groups in total. The predicted molar refractivity (Wildman–Crippen MR) is 67.2 cm³/mol. The van der Waals surface area contributed by atoms with Crippen molar-refractivity contribution in [3.05, 3.63) is 47.0 Å². The molecule has 0 saturated heterocycles. The monoisotopic (exact) mass is 229 g/mol. The van der Waals surface area contributed by atoms with Crippen LogP contribution in [0.4, 0.5) is 5.69 Å². The highest BCUT2D eigenvalue weighted by atomic mass is 16.1. The van der Waals surface area contributed by atoms with Crippen molar-refractivity contribution in [3.8, 4) is 0 Å². The Morgan fingerprint density at radius 3 is 2.41 bits per heavy atom. The first-order valence-corrected chi connectivity index (χ1v) is 5.47. The summed E-state index contributed by atoms with van der Waals surface area (Å²) in [6, 6.07) is 5.92. The van der Waals surface area contributed by atoms with Crippen LogP contribution in [0.25, 0.3) is 0 Å². The lowest BCUT2D eigenvalue weighted by molar-refractivity contribution is 0.102. The fraction of sp³-hybridized carbons (Fsp3) is 0.231. The summed E-state index contributed by atoms with van der Waals surface area (Å²) in [5.74, 6) is 0.569. The van der Waals surface area contributed by atoms with E-state index in [4.69, 9.17) is 0 Å². The van der Waals surface area contributed by atoms with Gasteiger partial charge in [-0.3, -0.25) is 4.79 Å². The van der Waals surface area contributed by atoms with Gasteiger partial charge in [-0.1, -0.05) is 18.2 Å². The standard InChI is InChI=1S/C13H15N3O/c1-8-5-4-6-9(2)12(8)16-13(17)11-7-14-10(3)15-11/h4-7H,1-3H3,(H,14,15)(H,16,17). The summed E-state index contributed by atoms with van der Waals surface area (Å²) in [7, 11) is 0. The Balaban J connectivity index is 2.24. The second kappa shape index (κ2) is 4.41. The zero-order valence-electron chi connectivity index (χ0n) is 10.2. The fourth-order valence-electron chi connectivity index (χ4n) is 1.73. The minimum atomic E-state index is -0.164. The highest BCUT2D eigenvalue weighted by Gasteiger charge is 2.11. The van der Waals surface area contributed by atoms with Gasteiger partial charge in [0.1, 0.15) is 11.5 Å². The molecular formula is C13H15N3O. The summed E-state index contributed by atoms with van der Waals surface area (Å²) in [5, 5.41) is 2.90. The van der Waals surface area contributed by atoms with Gasteiger partial charge in [0.05, 0.1) is 6.20 Å². The van der Waals surface area contributed by atoms with E-state index < -0.39 is 0 Å². The number of amides is 1. The molecule has 1 heterocycles. The van der Waals surface area contributed by atoms with Gasteiger partial charge in [0, 0.05) is 5.69 Å². The third kappa shape index (κ3) is 2.36. The van der Waals surface area contributed by atoms with Crippen LogP contribution < -0.4 is 5.32 Å². The summed E-state index contributed by atoms with van der Waals surface area (Å²) >= 11 is 0. The van der Waals surface area contributed by atoms with Gasteiger partial charge in [0.25, 0.3) is 5.91 Å². The smallest absolute Gasteiger partial charge is 0.273 e. The number of anilines is 1. The zero-order valence-corrected chi connectivity index (χ0v) is 10.2. The van der Waals surface area contributed by atoms with Crippen molar-refractivity contribution in [2.75, 3.05) is 5.32 Å². The van der Waals surface area contributed by atoms with E-state index in [0.717, 1.165) is 22.6 Å². The summed E-state index contributed by atoms with van der Waals surface area (Å²) in [6.45, 7) is 5.76. The van der Waals surface area contributed by atoms with Crippen LogP contribution in [0, 0.1) is 20.8 Å². The van der Waals surface area contributed by atoms with Crippen molar-refractivity contribution in [1.29, 1.82) is 0 Å². The molecule has 1 aromatic carbocycles. The van der Waals surface area contributed by atoms with Gasteiger partial charge in [-0.15, -0.1) is 0 Å². The molecule has 0 fully saturated rings. The summed E-state index contributed by atoms with van der Waals surface area (Å²) in [5.41, 5.74) is 3.44. The molecule has 0 saturated carbocycles. The van der Waals surface area contributed by atoms with E-state index in [2.05, 4.69) is 15.3 Å². The maximum atomic E-state index is 11.9. The Morgan fingerprint density at radius 1 is 1.24 bits per heavy atom. The van der Waals surface area contributed by atoms with E-state index in [0.29, 0.717) is 5.69 Å². The molecule has 0 bridgehead atoms. The number of hydrogen-bond donors (Lipinski definition) is 2. The molecule has 0 radical (unpaired) electrons. The number of carbonyl (C=O) groups is 1. The van der Waals surface area contributed by atoms with Crippen LogP contribution in [0.2, 0.25) is 0 Å². The van der Waals surface area contributed by atoms with Crippen molar-refractivity contribution in [2.45, 2.75) is 20.8 Å². The Bertz CT molecular complexity index is 537. The lowest BCUT2D eigenvalue weighted by Gasteiger charge is -2.10. The van der Waals surface area contributed by atoms with E-state index in [-0.39, 0.29) is 5.91 Å². The third-order valence-corrected chi connectivity index (χ3v) is 2.67. The minimum absolute atomic E-state index is 0.164. The molecule has 0 spiro atoms. The van der Waals surface area contributed by atoms with E-state index in [9.17, 15) is 4.79 Å².